The van der Waals surface area contributed by atoms with Crippen LogP contribution in [-0.4, -0.2) is 29.0 Å². The van der Waals surface area contributed by atoms with Crippen molar-refractivity contribution in [3.8, 4) is 11.5 Å². The molecule has 1 unspecified atom stereocenters. The van der Waals surface area contributed by atoms with Crippen molar-refractivity contribution in [3.63, 3.8) is 0 Å². The van der Waals surface area contributed by atoms with Crippen molar-refractivity contribution in [2.45, 2.75) is 19.1 Å². The highest BCUT2D eigenvalue weighted by Crippen LogP contribution is 2.45. The van der Waals surface area contributed by atoms with Crippen LogP contribution in [0.2, 0.25) is 5.02 Å². The van der Waals surface area contributed by atoms with E-state index in [-0.39, 0.29) is 33.3 Å². The third-order valence-electron chi connectivity index (χ3n) is 5.77. The molecule has 1 fully saturated rings. The summed E-state index contributed by atoms with van der Waals surface area (Å²) in [4.78, 5) is 27.4. The maximum absolute atomic E-state index is 13.2. The number of halogens is 4. The second-order valence-electron chi connectivity index (χ2n) is 8.13. The van der Waals surface area contributed by atoms with Crippen LogP contribution in [0, 0.1) is 6.92 Å². The number of rotatable bonds is 4. The molecule has 3 aromatic carbocycles. The SMILES string of the molecule is COc1c(Cl)cc(C)cc1/C(O)=C1\C(=O)C(=O)N(c2ccc(C(F)(F)F)cc2)C1c1ccc(O)cc1. The van der Waals surface area contributed by atoms with Gasteiger partial charge in [0.15, 0.2) is 0 Å². The number of aliphatic hydroxyl groups excluding tert-OH is 1. The number of phenolic OH excluding ortho intramolecular Hbond substituents is 1. The van der Waals surface area contributed by atoms with Gasteiger partial charge in [-0.2, -0.15) is 13.2 Å². The van der Waals surface area contributed by atoms with Gasteiger partial charge in [0.05, 0.1) is 34.9 Å². The zero-order chi connectivity index (χ0) is 26.4. The molecule has 3 aromatic rings. The fourth-order valence-corrected chi connectivity index (χ4v) is 4.49. The third kappa shape index (κ3) is 4.37. The van der Waals surface area contributed by atoms with E-state index in [4.69, 9.17) is 16.3 Å². The molecule has 1 saturated heterocycles. The molecule has 1 atom stereocenters. The second-order valence-corrected chi connectivity index (χ2v) is 8.54. The van der Waals surface area contributed by atoms with Gasteiger partial charge in [-0.15, -0.1) is 0 Å². The van der Waals surface area contributed by atoms with E-state index >= 15 is 0 Å². The number of hydrogen-bond donors (Lipinski definition) is 2. The minimum Gasteiger partial charge on any atom is -0.508 e. The number of anilines is 1. The lowest BCUT2D eigenvalue weighted by atomic mass is 9.94. The first-order chi connectivity index (χ1) is 16.9. The maximum atomic E-state index is 13.2. The standard InChI is InChI=1S/C26H19ClF3NO5/c1-13-11-18(24(36-2)19(27)12-13)22(33)20-21(14-3-9-17(32)10-4-14)31(25(35)23(20)34)16-7-5-15(6-8-16)26(28,29)30/h3-12,21,32-33H,1-2H3/b22-20+. The highest BCUT2D eigenvalue weighted by Gasteiger charge is 2.47. The number of aryl methyl sites for hydroxylation is 1. The molecule has 0 saturated carbocycles. The van der Waals surface area contributed by atoms with Crippen molar-refractivity contribution in [1.82, 2.24) is 0 Å². The predicted octanol–water partition coefficient (Wildman–Crippen LogP) is 6.01. The molecule has 0 radical (unpaired) electrons. The van der Waals surface area contributed by atoms with E-state index in [0.717, 1.165) is 29.2 Å². The number of nitrogens with zero attached hydrogens (tertiary/aromatic N) is 1. The summed E-state index contributed by atoms with van der Waals surface area (Å²) in [6, 6.07) is 11.2. The zero-order valence-corrected chi connectivity index (χ0v) is 19.7. The van der Waals surface area contributed by atoms with Crippen molar-refractivity contribution < 1.29 is 37.7 Å². The fourth-order valence-electron chi connectivity index (χ4n) is 4.14. The van der Waals surface area contributed by atoms with E-state index in [1.165, 1.54) is 37.4 Å². The summed E-state index contributed by atoms with van der Waals surface area (Å²) in [5, 5.41) is 21.2. The lowest BCUT2D eigenvalue weighted by molar-refractivity contribution is -0.137. The topological polar surface area (TPSA) is 87.1 Å². The summed E-state index contributed by atoms with van der Waals surface area (Å²) in [6.45, 7) is 1.71. The number of aliphatic hydroxyl groups is 1. The van der Waals surface area contributed by atoms with Crippen LogP contribution in [0.25, 0.3) is 5.76 Å². The first-order valence-electron chi connectivity index (χ1n) is 10.6. The van der Waals surface area contributed by atoms with Crippen molar-refractivity contribution in [1.29, 1.82) is 0 Å². The van der Waals surface area contributed by atoms with Gasteiger partial charge in [0.25, 0.3) is 11.7 Å². The Bertz CT molecular complexity index is 1380. The summed E-state index contributed by atoms with van der Waals surface area (Å²) in [6.07, 6.45) is -4.59. The highest BCUT2D eigenvalue weighted by molar-refractivity contribution is 6.51. The zero-order valence-electron chi connectivity index (χ0n) is 18.9. The molecule has 6 nitrogen and oxygen atoms in total. The van der Waals surface area contributed by atoms with Gasteiger partial charge in [0.1, 0.15) is 17.3 Å². The minimum atomic E-state index is -4.59. The van der Waals surface area contributed by atoms with Crippen LogP contribution in [0.4, 0.5) is 18.9 Å². The van der Waals surface area contributed by atoms with Crippen molar-refractivity contribution in [2.75, 3.05) is 12.0 Å². The number of ether oxygens (including phenoxy) is 1. The molecule has 4 rings (SSSR count). The molecule has 10 heteroatoms. The molecule has 1 aliphatic heterocycles. The van der Waals surface area contributed by atoms with Crippen molar-refractivity contribution in [2.24, 2.45) is 0 Å². The van der Waals surface area contributed by atoms with Crippen molar-refractivity contribution in [3.05, 3.63) is 93.5 Å². The van der Waals surface area contributed by atoms with Gasteiger partial charge in [0, 0.05) is 5.69 Å². The van der Waals surface area contributed by atoms with Gasteiger partial charge < -0.3 is 14.9 Å². The van der Waals surface area contributed by atoms with Crippen molar-refractivity contribution >= 4 is 34.7 Å². The lowest BCUT2D eigenvalue weighted by Gasteiger charge is -2.26. The molecule has 1 amide bonds. The Morgan fingerprint density at radius 1 is 1.03 bits per heavy atom. The second kappa shape index (κ2) is 9.23. The number of carbonyl (C=O) groups is 2. The number of Topliss-reactive ketones (excluding diaryl/α,β-unsaturated/α-hetero) is 1. The Hall–Kier alpha value is -3.98. The fraction of sp³-hybridized carbons (Fsp3) is 0.154. The Labute approximate surface area is 208 Å². The molecule has 2 N–H and O–H groups in total. The highest BCUT2D eigenvalue weighted by atomic mass is 35.5. The summed E-state index contributed by atoms with van der Waals surface area (Å²) < 4.78 is 44.6. The first-order valence-corrected chi connectivity index (χ1v) is 10.9. The molecule has 1 heterocycles. The van der Waals surface area contributed by atoms with Crippen LogP contribution < -0.4 is 9.64 Å². The van der Waals surface area contributed by atoms with Gasteiger partial charge in [-0.25, -0.2) is 0 Å². The number of carbonyl (C=O) groups excluding carboxylic acids is 2. The molecular formula is C26H19ClF3NO5. The van der Waals surface area contributed by atoms with E-state index in [1.54, 1.807) is 13.0 Å². The van der Waals surface area contributed by atoms with Gasteiger partial charge in [-0.1, -0.05) is 23.7 Å². The van der Waals surface area contributed by atoms with E-state index < -0.39 is 35.2 Å². The largest absolute Gasteiger partial charge is 0.508 e. The van der Waals surface area contributed by atoms with Crippen LogP contribution >= 0.6 is 11.6 Å². The number of alkyl halides is 3. The third-order valence-corrected chi connectivity index (χ3v) is 6.05. The number of methoxy groups -OCH3 is 1. The molecule has 0 aromatic heterocycles. The number of benzene rings is 3. The van der Waals surface area contributed by atoms with Crippen LogP contribution in [0.3, 0.4) is 0 Å². The monoisotopic (exact) mass is 517 g/mol. The number of phenols is 1. The quantitative estimate of drug-likeness (QED) is 0.251. The average Bonchev–Trinajstić information content (AvgIpc) is 3.08. The minimum absolute atomic E-state index is 0.0106. The number of amides is 1. The normalized spacial score (nSPS) is 17.5. The smallest absolute Gasteiger partial charge is 0.416 e. The molecular weight excluding hydrogens is 499 g/mol. The summed E-state index contributed by atoms with van der Waals surface area (Å²) in [5.41, 5.74) is -0.200. The number of hydrogen-bond acceptors (Lipinski definition) is 5. The van der Waals surface area contributed by atoms with Crippen LogP contribution in [-0.2, 0) is 15.8 Å². The summed E-state index contributed by atoms with van der Waals surface area (Å²) in [5.74, 6) is -2.68. The Balaban J connectivity index is 1.96. The average molecular weight is 518 g/mol. The molecule has 0 bridgehead atoms. The molecule has 36 heavy (non-hydrogen) atoms. The van der Waals surface area contributed by atoms with Gasteiger partial charge >= 0.3 is 6.18 Å². The number of ketones is 1. The van der Waals surface area contributed by atoms with Gasteiger partial charge in [-0.05, 0) is 66.6 Å². The van der Waals surface area contributed by atoms with Crippen LogP contribution in [0.15, 0.2) is 66.2 Å². The molecule has 0 spiro atoms. The lowest BCUT2D eigenvalue weighted by Crippen LogP contribution is -2.29. The Morgan fingerprint density at radius 2 is 1.64 bits per heavy atom. The van der Waals surface area contributed by atoms with Crippen LogP contribution in [0.5, 0.6) is 11.5 Å². The van der Waals surface area contributed by atoms with E-state index in [9.17, 15) is 33.0 Å². The first kappa shape index (κ1) is 25.1. The van der Waals surface area contributed by atoms with E-state index in [1.807, 2.05) is 0 Å². The Kier molecular flexibility index (Phi) is 6.44. The summed E-state index contributed by atoms with van der Waals surface area (Å²) >= 11 is 6.26. The molecule has 186 valence electrons. The van der Waals surface area contributed by atoms with E-state index in [2.05, 4.69) is 0 Å². The predicted molar refractivity (Wildman–Crippen MR) is 127 cm³/mol. The maximum Gasteiger partial charge on any atom is 0.416 e. The van der Waals surface area contributed by atoms with E-state index in [0.29, 0.717) is 11.1 Å². The summed E-state index contributed by atoms with van der Waals surface area (Å²) in [7, 11) is 1.32. The Morgan fingerprint density at radius 3 is 2.19 bits per heavy atom. The number of aromatic hydroxyl groups is 1. The van der Waals surface area contributed by atoms with Crippen LogP contribution in [0.1, 0.15) is 28.3 Å². The molecule has 1 aliphatic rings. The van der Waals surface area contributed by atoms with Gasteiger partial charge in [-0.3, -0.25) is 14.5 Å². The molecule has 0 aliphatic carbocycles. The van der Waals surface area contributed by atoms with Gasteiger partial charge in [0.2, 0.25) is 0 Å².